The summed E-state index contributed by atoms with van der Waals surface area (Å²) in [6.07, 6.45) is 6.68. The molecule has 1 amide bonds. The van der Waals surface area contributed by atoms with Crippen molar-refractivity contribution in [1.82, 2.24) is 14.5 Å². The van der Waals surface area contributed by atoms with Crippen LogP contribution in [0.5, 0.6) is 5.75 Å². The third-order valence-electron chi connectivity index (χ3n) is 7.33. The number of carbonyl (C=O) groups excluding carboxylic acids is 1. The number of hydrogen-bond acceptors (Lipinski definition) is 6. The first kappa shape index (κ1) is 31.2. The number of carbonyl (C=O) groups is 1. The Kier molecular flexibility index (Phi) is 10.5. The van der Waals surface area contributed by atoms with Crippen molar-refractivity contribution in [2.45, 2.75) is 51.5 Å². The highest BCUT2D eigenvalue weighted by Crippen LogP contribution is 2.45. The van der Waals surface area contributed by atoms with Crippen molar-refractivity contribution in [3.63, 3.8) is 0 Å². The van der Waals surface area contributed by atoms with E-state index in [9.17, 15) is 5.26 Å². The Balaban J connectivity index is 0.00000135. The number of benzene rings is 2. The number of fused-ring (bicyclic) bond motifs is 1. The van der Waals surface area contributed by atoms with Crippen molar-refractivity contribution in [3.8, 4) is 23.2 Å². The molecule has 2 aromatic heterocycles. The standard InChI is InChI=1S/C31H32ClN7O.CH3NO/c1-19(2)17-40-29-11-10-22(32)13-25(29)20-7-5-8-23(12-20)39-28-14-26(30(35)37-18-34)36-16-27(28)38-31(39)24-9-4-3-6-21(24)15-33;2-1-3/h3-4,6,9-11,13-14,16,18-20,23H,5,7-8,12,17H2,1-2H3,(H3,34,35,37);1H,(H2,2,3). The van der Waals surface area contributed by atoms with E-state index in [2.05, 4.69) is 40.2 Å². The van der Waals surface area contributed by atoms with Crippen LogP contribution in [0.1, 0.15) is 68.3 Å². The highest BCUT2D eigenvalue weighted by atomic mass is 35.5. The smallest absolute Gasteiger partial charge is 0.204 e. The van der Waals surface area contributed by atoms with Crippen LogP contribution >= 0.6 is 11.6 Å². The number of nitrogens with zero attached hydrogens (tertiary/aromatic N) is 5. The van der Waals surface area contributed by atoms with Crippen molar-refractivity contribution < 1.29 is 9.53 Å². The Morgan fingerprint density at radius 3 is 2.77 bits per heavy atom. The van der Waals surface area contributed by atoms with Gasteiger partial charge in [-0.25, -0.2) is 9.98 Å². The van der Waals surface area contributed by atoms with Crippen LogP contribution < -0.4 is 16.2 Å². The molecule has 0 saturated heterocycles. The number of nitrogens with one attached hydrogen (secondary N) is 1. The molecule has 2 heterocycles. The number of nitriles is 1. The molecule has 0 aliphatic heterocycles. The first-order chi connectivity index (χ1) is 20.8. The molecule has 0 spiro atoms. The summed E-state index contributed by atoms with van der Waals surface area (Å²) in [6.45, 7) is 4.92. The van der Waals surface area contributed by atoms with Gasteiger partial charge in [-0.2, -0.15) is 5.26 Å². The molecule has 0 bridgehead atoms. The topological polar surface area (TPSA) is 169 Å². The van der Waals surface area contributed by atoms with Gasteiger partial charge in [0.2, 0.25) is 6.41 Å². The zero-order valence-corrected chi connectivity index (χ0v) is 25.0. The molecule has 10 nitrogen and oxygen atoms in total. The molecule has 2 atom stereocenters. The Bertz CT molecular complexity index is 1670. The summed E-state index contributed by atoms with van der Waals surface area (Å²) in [6, 6.07) is 17.7. The van der Waals surface area contributed by atoms with Crippen LogP contribution in [0.3, 0.4) is 0 Å². The van der Waals surface area contributed by atoms with Gasteiger partial charge in [-0.05, 0) is 73.1 Å². The van der Waals surface area contributed by atoms with Gasteiger partial charge in [-0.1, -0.05) is 44.0 Å². The van der Waals surface area contributed by atoms with E-state index in [0.717, 1.165) is 60.2 Å². The number of ether oxygens (including phenoxy) is 1. The van der Waals surface area contributed by atoms with Crippen molar-refractivity contribution >= 4 is 41.2 Å². The highest BCUT2D eigenvalue weighted by Gasteiger charge is 2.30. The predicted molar refractivity (Wildman–Crippen MR) is 169 cm³/mol. The minimum absolute atomic E-state index is 0.0959. The second-order valence-corrected chi connectivity index (χ2v) is 11.1. The molecule has 5 rings (SSSR count). The average Bonchev–Trinajstić information content (AvgIpc) is 3.39. The van der Waals surface area contributed by atoms with E-state index < -0.39 is 0 Å². The second-order valence-electron chi connectivity index (χ2n) is 10.7. The van der Waals surface area contributed by atoms with Gasteiger partial charge in [0.05, 0.1) is 30.0 Å². The minimum Gasteiger partial charge on any atom is -0.493 e. The molecule has 5 N–H and O–H groups in total. The van der Waals surface area contributed by atoms with Gasteiger partial charge in [0.1, 0.15) is 29.1 Å². The van der Waals surface area contributed by atoms with E-state index in [1.807, 2.05) is 48.5 Å². The van der Waals surface area contributed by atoms with E-state index in [4.69, 9.17) is 37.3 Å². The molecule has 2 unspecified atom stereocenters. The summed E-state index contributed by atoms with van der Waals surface area (Å²) in [5.41, 5.74) is 14.8. The SMILES string of the molecule is CC(C)COc1ccc(Cl)cc1C1CCCC(n2c(-c3ccccc3C#N)nc3cnc(C(N)=NC=N)cc32)C1.NC=O. The summed E-state index contributed by atoms with van der Waals surface area (Å²) < 4.78 is 8.46. The molecule has 1 saturated carbocycles. The number of amides is 1. The summed E-state index contributed by atoms with van der Waals surface area (Å²) in [7, 11) is 0. The lowest BCUT2D eigenvalue weighted by Crippen LogP contribution is -2.20. The molecular weight excluding hydrogens is 564 g/mol. The minimum atomic E-state index is 0.0959. The zero-order valence-electron chi connectivity index (χ0n) is 24.2. The molecule has 1 fully saturated rings. The van der Waals surface area contributed by atoms with Crippen LogP contribution in [-0.2, 0) is 4.79 Å². The van der Waals surface area contributed by atoms with Gasteiger partial charge in [0.25, 0.3) is 0 Å². The molecule has 0 radical (unpaired) electrons. The first-order valence-electron chi connectivity index (χ1n) is 14.1. The summed E-state index contributed by atoms with van der Waals surface area (Å²) in [4.78, 5) is 21.9. The van der Waals surface area contributed by atoms with Crippen LogP contribution in [-0.4, -0.2) is 39.7 Å². The number of aromatic nitrogens is 3. The first-order valence-corrected chi connectivity index (χ1v) is 14.5. The van der Waals surface area contributed by atoms with Gasteiger partial charge >= 0.3 is 0 Å². The number of aliphatic imine (C=N–C) groups is 1. The summed E-state index contributed by atoms with van der Waals surface area (Å²) in [5.74, 6) is 2.42. The second kappa shape index (κ2) is 14.4. The number of nitrogens with two attached hydrogens (primary N) is 2. The lowest BCUT2D eigenvalue weighted by Gasteiger charge is -2.33. The number of amidine groups is 1. The number of pyridine rings is 1. The van der Waals surface area contributed by atoms with Crippen molar-refractivity contribution in [2.24, 2.45) is 22.4 Å². The van der Waals surface area contributed by atoms with Gasteiger partial charge in [-0.15, -0.1) is 0 Å². The Labute approximate surface area is 255 Å². The highest BCUT2D eigenvalue weighted by molar-refractivity contribution is 6.30. The maximum atomic E-state index is 9.89. The Morgan fingerprint density at radius 2 is 2.05 bits per heavy atom. The number of hydrogen-bond donors (Lipinski definition) is 3. The van der Waals surface area contributed by atoms with Gasteiger partial charge in [0, 0.05) is 16.6 Å². The van der Waals surface area contributed by atoms with Crippen LogP contribution in [0.15, 0.2) is 59.7 Å². The van der Waals surface area contributed by atoms with E-state index in [-0.39, 0.29) is 24.2 Å². The fourth-order valence-corrected chi connectivity index (χ4v) is 5.70. The summed E-state index contributed by atoms with van der Waals surface area (Å²) >= 11 is 6.48. The third-order valence-corrected chi connectivity index (χ3v) is 7.56. The quantitative estimate of drug-likeness (QED) is 0.128. The number of primary amides is 1. The lowest BCUT2D eigenvalue weighted by atomic mass is 9.80. The largest absolute Gasteiger partial charge is 0.493 e. The van der Waals surface area contributed by atoms with E-state index in [0.29, 0.717) is 34.3 Å². The van der Waals surface area contributed by atoms with Gasteiger partial charge in [0.15, 0.2) is 5.84 Å². The van der Waals surface area contributed by atoms with Crippen LogP contribution in [0.25, 0.3) is 22.4 Å². The average molecular weight is 599 g/mol. The number of rotatable bonds is 8. The zero-order chi connectivity index (χ0) is 30.9. The molecule has 222 valence electrons. The van der Waals surface area contributed by atoms with Crippen LogP contribution in [0.2, 0.25) is 5.02 Å². The normalized spacial score (nSPS) is 16.7. The van der Waals surface area contributed by atoms with Crippen LogP contribution in [0.4, 0.5) is 0 Å². The molecular formula is C32H35ClN8O2. The molecule has 2 aromatic carbocycles. The van der Waals surface area contributed by atoms with E-state index >= 15 is 0 Å². The number of imidazole rings is 1. The van der Waals surface area contributed by atoms with Crippen molar-refractivity contribution in [2.75, 3.05) is 6.61 Å². The van der Waals surface area contributed by atoms with Crippen molar-refractivity contribution in [1.29, 1.82) is 10.7 Å². The van der Waals surface area contributed by atoms with Gasteiger partial charge in [-0.3, -0.25) is 15.2 Å². The fraction of sp³-hybridized carbons (Fsp3) is 0.312. The molecule has 4 aromatic rings. The van der Waals surface area contributed by atoms with Crippen molar-refractivity contribution in [3.05, 3.63) is 76.6 Å². The van der Waals surface area contributed by atoms with E-state index in [1.54, 1.807) is 6.20 Å². The lowest BCUT2D eigenvalue weighted by molar-refractivity contribution is -0.106. The molecule has 1 aliphatic rings. The number of halogens is 1. The summed E-state index contributed by atoms with van der Waals surface area (Å²) in [5, 5.41) is 17.9. The maximum absolute atomic E-state index is 9.89. The molecule has 1 aliphatic carbocycles. The Hall–Kier alpha value is -4.75. The predicted octanol–water partition coefficient (Wildman–Crippen LogP) is 5.97. The third kappa shape index (κ3) is 7.19. The maximum Gasteiger partial charge on any atom is 0.204 e. The van der Waals surface area contributed by atoms with Gasteiger partial charge < -0.3 is 20.8 Å². The van der Waals surface area contributed by atoms with E-state index in [1.165, 1.54) is 0 Å². The monoisotopic (exact) mass is 598 g/mol. The Morgan fingerprint density at radius 1 is 1.28 bits per heavy atom. The fourth-order valence-electron chi connectivity index (χ4n) is 5.52. The molecule has 43 heavy (non-hydrogen) atoms. The molecule has 11 heteroatoms. The van der Waals surface area contributed by atoms with Crippen LogP contribution in [0, 0.1) is 22.7 Å².